The maximum atomic E-state index is 15.0. The Morgan fingerprint density at radius 3 is 2.22 bits per heavy atom. The van der Waals surface area contributed by atoms with E-state index in [0.29, 0.717) is 17.7 Å². The first-order valence-corrected chi connectivity index (χ1v) is 12.7. The van der Waals surface area contributed by atoms with Crippen LogP contribution < -0.4 is 15.0 Å². The molecule has 0 saturated carbocycles. The Labute approximate surface area is 233 Å². The molecular weight excluding hydrogens is 549 g/mol. The van der Waals surface area contributed by atoms with E-state index in [0.717, 1.165) is 17.0 Å². The van der Waals surface area contributed by atoms with E-state index in [2.05, 4.69) is 5.32 Å². The molecule has 0 bridgehead atoms. The number of aliphatic hydroxyl groups excluding tert-OH is 1. The van der Waals surface area contributed by atoms with Crippen molar-refractivity contribution in [2.24, 2.45) is 5.92 Å². The van der Waals surface area contributed by atoms with Gasteiger partial charge in [-0.05, 0) is 24.6 Å². The summed E-state index contributed by atoms with van der Waals surface area (Å²) in [5.74, 6) is -6.40. The van der Waals surface area contributed by atoms with Gasteiger partial charge in [0.05, 0.1) is 24.9 Å². The molecule has 3 amide bonds. The van der Waals surface area contributed by atoms with Gasteiger partial charge in [-0.25, -0.2) is 26.7 Å². The Morgan fingerprint density at radius 1 is 1.00 bits per heavy atom. The Kier molecular flexibility index (Phi) is 8.81. The zero-order valence-electron chi connectivity index (χ0n) is 22.5. The number of ether oxygens (including phenoxy) is 1. The summed E-state index contributed by atoms with van der Waals surface area (Å²) >= 11 is 0. The van der Waals surface area contributed by atoms with E-state index in [1.54, 1.807) is 19.9 Å². The number of carbonyl (C=O) groups is 2. The minimum absolute atomic E-state index is 0.0175. The molecular formula is C29H28F5N3O4. The van der Waals surface area contributed by atoms with Crippen LogP contribution in [0.25, 0.3) is 0 Å². The molecule has 0 aliphatic carbocycles. The number of anilines is 1. The largest absolute Gasteiger partial charge is 0.493 e. The van der Waals surface area contributed by atoms with Gasteiger partial charge in [0, 0.05) is 67.1 Å². The number of carbonyl (C=O) groups excluding carboxylic acids is 2. The molecule has 2 N–H and O–H groups in total. The lowest BCUT2D eigenvalue weighted by Crippen LogP contribution is -2.47. The average molecular weight is 578 g/mol. The number of nitrogens with zero attached hydrogens (tertiary/aromatic N) is 2. The molecule has 1 unspecified atom stereocenters. The molecule has 1 heterocycles. The van der Waals surface area contributed by atoms with Gasteiger partial charge in [-0.15, -0.1) is 0 Å². The van der Waals surface area contributed by atoms with Gasteiger partial charge in [0.1, 0.15) is 34.8 Å². The predicted octanol–water partition coefficient (Wildman–Crippen LogP) is 5.45. The van der Waals surface area contributed by atoms with Crippen LogP contribution in [-0.4, -0.2) is 42.2 Å². The fraction of sp³-hybridized carbons (Fsp3) is 0.310. The van der Waals surface area contributed by atoms with Crippen molar-refractivity contribution < 1.29 is 41.4 Å². The van der Waals surface area contributed by atoms with Crippen molar-refractivity contribution in [1.29, 1.82) is 0 Å². The van der Waals surface area contributed by atoms with E-state index < -0.39 is 71.3 Å². The van der Waals surface area contributed by atoms with E-state index >= 15 is 8.78 Å². The molecule has 0 saturated heterocycles. The van der Waals surface area contributed by atoms with Crippen LogP contribution in [0.4, 0.5) is 32.4 Å². The third-order valence-corrected chi connectivity index (χ3v) is 6.96. The van der Waals surface area contributed by atoms with Crippen LogP contribution >= 0.6 is 0 Å². The zero-order valence-corrected chi connectivity index (χ0v) is 22.5. The number of aliphatic hydroxyl groups is 1. The minimum atomic E-state index is -1.16. The van der Waals surface area contributed by atoms with Gasteiger partial charge in [-0.1, -0.05) is 13.0 Å². The highest BCUT2D eigenvalue weighted by molar-refractivity contribution is 5.99. The summed E-state index contributed by atoms with van der Waals surface area (Å²) in [7, 11) is 1.53. The third-order valence-electron chi connectivity index (χ3n) is 6.96. The van der Waals surface area contributed by atoms with Crippen LogP contribution in [-0.2, 0) is 13.1 Å². The maximum absolute atomic E-state index is 15.0. The summed E-state index contributed by atoms with van der Waals surface area (Å²) in [5, 5.41) is 11.5. The first-order valence-electron chi connectivity index (χ1n) is 12.7. The fourth-order valence-electron chi connectivity index (χ4n) is 4.37. The molecule has 41 heavy (non-hydrogen) atoms. The van der Waals surface area contributed by atoms with Gasteiger partial charge in [-0.2, -0.15) is 0 Å². The summed E-state index contributed by atoms with van der Waals surface area (Å²) in [6.45, 7) is 2.25. The zero-order chi connectivity index (χ0) is 30.0. The SMILES string of the molecule is CC(CO)COc1cc(F)c(CN2C(=O)N(C)[C@@H](C)c3ccc(C(=O)NCc4c(F)cc(F)cc4F)cc32)c(F)c1. The Morgan fingerprint density at radius 2 is 1.61 bits per heavy atom. The van der Waals surface area contributed by atoms with Gasteiger partial charge < -0.3 is 20.1 Å². The van der Waals surface area contributed by atoms with Crippen LogP contribution in [0.5, 0.6) is 5.75 Å². The highest BCUT2D eigenvalue weighted by Gasteiger charge is 2.35. The van der Waals surface area contributed by atoms with Crippen LogP contribution in [0.15, 0.2) is 42.5 Å². The third kappa shape index (κ3) is 6.27. The first kappa shape index (κ1) is 29.8. The van der Waals surface area contributed by atoms with Crippen molar-refractivity contribution in [2.45, 2.75) is 33.0 Å². The van der Waals surface area contributed by atoms with E-state index in [4.69, 9.17) is 9.84 Å². The van der Waals surface area contributed by atoms with Crippen molar-refractivity contribution in [3.63, 3.8) is 0 Å². The molecule has 0 spiro atoms. The lowest BCUT2D eigenvalue weighted by atomic mass is 9.98. The number of halogens is 5. The topological polar surface area (TPSA) is 82.1 Å². The maximum Gasteiger partial charge on any atom is 0.325 e. The number of benzene rings is 3. The highest BCUT2D eigenvalue weighted by atomic mass is 19.2. The minimum Gasteiger partial charge on any atom is -0.493 e. The van der Waals surface area contributed by atoms with Crippen LogP contribution in [0.2, 0.25) is 0 Å². The Hall–Kier alpha value is -4.19. The van der Waals surface area contributed by atoms with Gasteiger partial charge in [-0.3, -0.25) is 9.69 Å². The second-order valence-corrected chi connectivity index (χ2v) is 9.92. The average Bonchev–Trinajstić information content (AvgIpc) is 2.92. The lowest BCUT2D eigenvalue weighted by molar-refractivity contribution is 0.0950. The number of rotatable bonds is 9. The van der Waals surface area contributed by atoms with Crippen molar-refractivity contribution in [1.82, 2.24) is 10.2 Å². The molecule has 7 nitrogen and oxygen atoms in total. The summed E-state index contributed by atoms with van der Waals surface area (Å²) in [6, 6.07) is 6.34. The first-order chi connectivity index (χ1) is 19.4. The summed E-state index contributed by atoms with van der Waals surface area (Å²) in [5.41, 5.74) is -0.105. The molecule has 0 fully saturated rings. The van der Waals surface area contributed by atoms with E-state index in [1.807, 2.05) is 0 Å². The summed E-state index contributed by atoms with van der Waals surface area (Å²) < 4.78 is 76.6. The molecule has 0 aromatic heterocycles. The second-order valence-electron chi connectivity index (χ2n) is 9.92. The summed E-state index contributed by atoms with van der Waals surface area (Å²) in [6.07, 6.45) is 0. The molecule has 3 aromatic rings. The lowest BCUT2D eigenvalue weighted by Gasteiger charge is -2.39. The number of amides is 3. The molecule has 3 aromatic carbocycles. The highest BCUT2D eigenvalue weighted by Crippen LogP contribution is 2.38. The van der Waals surface area contributed by atoms with Gasteiger partial charge in [0.15, 0.2) is 0 Å². The Balaban J connectivity index is 1.61. The van der Waals surface area contributed by atoms with Crippen molar-refractivity contribution in [3.8, 4) is 5.75 Å². The smallest absolute Gasteiger partial charge is 0.325 e. The monoisotopic (exact) mass is 577 g/mol. The van der Waals surface area contributed by atoms with Crippen LogP contribution in [0.1, 0.15) is 46.9 Å². The second kappa shape index (κ2) is 12.1. The predicted molar refractivity (Wildman–Crippen MR) is 140 cm³/mol. The van der Waals surface area contributed by atoms with E-state index in [1.165, 1.54) is 24.1 Å². The molecule has 1 aliphatic heterocycles. The molecule has 218 valence electrons. The van der Waals surface area contributed by atoms with E-state index in [-0.39, 0.29) is 36.1 Å². The van der Waals surface area contributed by atoms with Gasteiger partial charge in [0.25, 0.3) is 5.91 Å². The standard InChI is InChI=1S/C29H28F5N3O4/c1-15(13-38)14-41-19-9-25(33)22(26(34)10-19)12-37-27-6-17(4-5-20(27)16(2)36(3)29(37)40)28(39)35-11-21-23(31)7-18(30)8-24(21)32/h4-10,15-16,38H,11-14H2,1-3H3,(H,35,39)/t15?,16-/m0/s1. The van der Waals surface area contributed by atoms with Crippen LogP contribution in [0.3, 0.4) is 0 Å². The Bertz CT molecular complexity index is 1440. The molecule has 2 atom stereocenters. The number of fused-ring (bicyclic) bond motifs is 1. The fourth-order valence-corrected chi connectivity index (χ4v) is 4.37. The molecule has 0 radical (unpaired) electrons. The quantitative estimate of drug-likeness (QED) is 0.332. The number of hydrogen-bond acceptors (Lipinski definition) is 4. The van der Waals surface area contributed by atoms with Crippen molar-refractivity contribution in [3.05, 3.63) is 93.8 Å². The molecule has 1 aliphatic rings. The number of hydrogen-bond donors (Lipinski definition) is 2. The van der Waals surface area contributed by atoms with E-state index in [9.17, 15) is 22.8 Å². The molecule has 12 heteroatoms. The van der Waals surface area contributed by atoms with Crippen LogP contribution in [0, 0.1) is 35.0 Å². The van der Waals surface area contributed by atoms with Crippen molar-refractivity contribution in [2.75, 3.05) is 25.2 Å². The molecule has 4 rings (SSSR count). The van der Waals surface area contributed by atoms with Gasteiger partial charge in [0.2, 0.25) is 0 Å². The number of nitrogens with one attached hydrogen (secondary N) is 1. The van der Waals surface area contributed by atoms with Gasteiger partial charge >= 0.3 is 6.03 Å². The number of urea groups is 1. The van der Waals surface area contributed by atoms with Crippen molar-refractivity contribution >= 4 is 17.6 Å². The summed E-state index contributed by atoms with van der Waals surface area (Å²) in [4.78, 5) is 28.6. The normalized spacial score (nSPS) is 15.5.